The van der Waals surface area contributed by atoms with Crippen molar-refractivity contribution < 1.29 is 8.78 Å². The zero-order valence-corrected chi connectivity index (χ0v) is 6.16. The van der Waals surface area contributed by atoms with Crippen molar-refractivity contribution in [3.05, 3.63) is 23.8 Å². The molecule has 1 aromatic carbocycles. The van der Waals surface area contributed by atoms with E-state index in [0.29, 0.717) is 0 Å². The Morgan fingerprint density at radius 3 is 2.36 bits per heavy atom. The summed E-state index contributed by atoms with van der Waals surface area (Å²) in [5.41, 5.74) is 5.36. The molecule has 1 aromatic rings. The molecule has 0 saturated carbocycles. The van der Waals surface area contributed by atoms with Gasteiger partial charge in [-0.05, 0) is 0 Å². The van der Waals surface area contributed by atoms with Crippen molar-refractivity contribution in [3.63, 3.8) is 0 Å². The van der Waals surface area contributed by atoms with Crippen LogP contribution in [0.2, 0.25) is 0 Å². The first-order valence-corrected chi connectivity index (χ1v) is 3.09. The van der Waals surface area contributed by atoms with Gasteiger partial charge in [0.05, 0.1) is 5.69 Å². The van der Waals surface area contributed by atoms with Gasteiger partial charge < -0.3 is 5.73 Å². The number of nitrogens with zero attached hydrogens (tertiary/aromatic N) is 1. The fraction of sp³-hybridized carbons (Fsp3) is 0. The lowest BCUT2D eigenvalue weighted by Gasteiger charge is -1.98. The van der Waals surface area contributed by atoms with E-state index in [9.17, 15) is 8.78 Å². The summed E-state index contributed by atoms with van der Waals surface area (Å²) in [6, 6.07) is 1.71. The second-order valence-electron chi connectivity index (χ2n) is 1.92. The molecule has 0 spiro atoms. The normalized spacial score (nSPS) is 9.64. The average molecular weight is 174 g/mol. The number of anilines is 1. The fourth-order valence-electron chi connectivity index (χ4n) is 0.631. The second-order valence-corrected chi connectivity index (χ2v) is 2.10. The zero-order chi connectivity index (χ0) is 8.43. The monoisotopic (exact) mass is 174 g/mol. The van der Waals surface area contributed by atoms with Gasteiger partial charge >= 0.3 is 0 Å². The van der Waals surface area contributed by atoms with Gasteiger partial charge in [-0.1, -0.05) is 0 Å². The molecule has 11 heavy (non-hydrogen) atoms. The first-order chi connectivity index (χ1) is 5.15. The van der Waals surface area contributed by atoms with Gasteiger partial charge in [-0.2, -0.15) is 4.36 Å². The third kappa shape index (κ3) is 1.48. The van der Waals surface area contributed by atoms with E-state index in [1.54, 1.807) is 0 Å². The number of nitrogen functional groups attached to an aromatic ring is 1. The van der Waals surface area contributed by atoms with Crippen LogP contribution in [0.3, 0.4) is 0 Å². The Bertz CT molecular complexity index is 301. The van der Waals surface area contributed by atoms with E-state index in [0.717, 1.165) is 12.1 Å². The third-order valence-corrected chi connectivity index (χ3v) is 1.36. The topological polar surface area (TPSA) is 38.4 Å². The molecular weight excluding hydrogens is 170 g/mol. The van der Waals surface area contributed by atoms with Crippen molar-refractivity contribution >= 4 is 23.8 Å². The van der Waals surface area contributed by atoms with E-state index >= 15 is 0 Å². The van der Waals surface area contributed by atoms with Gasteiger partial charge in [-0.15, -0.1) is 0 Å². The molecule has 0 amide bonds. The van der Waals surface area contributed by atoms with E-state index in [-0.39, 0.29) is 11.4 Å². The van der Waals surface area contributed by atoms with Gasteiger partial charge in [0.15, 0.2) is 11.6 Å². The predicted molar refractivity (Wildman–Crippen MR) is 40.2 cm³/mol. The Hall–Kier alpha value is -1.10. The van der Waals surface area contributed by atoms with Gasteiger partial charge in [0.25, 0.3) is 0 Å². The van der Waals surface area contributed by atoms with Crippen molar-refractivity contribution in [3.8, 4) is 0 Å². The minimum Gasteiger partial charge on any atom is -0.397 e. The number of hydrogen-bond acceptors (Lipinski definition) is 3. The lowest BCUT2D eigenvalue weighted by Crippen LogP contribution is -1.90. The van der Waals surface area contributed by atoms with Gasteiger partial charge in [0.1, 0.15) is 5.69 Å². The smallest absolute Gasteiger partial charge is 0.161 e. The molecule has 0 atom stereocenters. The van der Waals surface area contributed by atoms with Crippen LogP contribution in [0.5, 0.6) is 0 Å². The summed E-state index contributed by atoms with van der Waals surface area (Å²) in [5.74, 6) is -1.99. The van der Waals surface area contributed by atoms with Crippen LogP contribution in [0, 0.1) is 11.6 Å². The fourth-order valence-corrected chi connectivity index (χ4v) is 0.789. The number of rotatable bonds is 1. The Balaban J connectivity index is 3.31. The number of halogens is 2. The molecule has 0 unspecified atom stereocenters. The molecule has 0 aliphatic heterocycles. The van der Waals surface area contributed by atoms with Gasteiger partial charge in [-0.25, -0.2) is 8.78 Å². The van der Waals surface area contributed by atoms with E-state index in [2.05, 4.69) is 16.8 Å². The minimum atomic E-state index is -0.997. The Labute approximate surface area is 67.2 Å². The van der Waals surface area contributed by atoms with Crippen molar-refractivity contribution in [1.29, 1.82) is 0 Å². The molecule has 2 N–H and O–H groups in total. The average Bonchev–Trinajstić information content (AvgIpc) is 1.97. The molecule has 0 aromatic heterocycles. The molecule has 0 bridgehead atoms. The molecule has 0 heterocycles. The van der Waals surface area contributed by atoms with Crippen molar-refractivity contribution in [2.75, 3.05) is 5.73 Å². The van der Waals surface area contributed by atoms with Crippen LogP contribution in [0.4, 0.5) is 20.2 Å². The highest BCUT2D eigenvalue weighted by Gasteiger charge is 2.05. The summed E-state index contributed by atoms with van der Waals surface area (Å²) in [5, 5.41) is 0. The number of nitrogens with two attached hydrogens (primary N) is 1. The molecule has 0 fully saturated rings. The molecule has 5 heteroatoms. The lowest BCUT2D eigenvalue weighted by atomic mass is 10.2. The molecule has 58 valence electrons. The van der Waals surface area contributed by atoms with Crippen LogP contribution in [0.15, 0.2) is 16.5 Å². The Kier molecular flexibility index (Phi) is 2.09. The van der Waals surface area contributed by atoms with Gasteiger partial charge in [0, 0.05) is 24.6 Å². The highest BCUT2D eigenvalue weighted by Crippen LogP contribution is 2.23. The molecule has 2 nitrogen and oxygen atoms in total. The summed E-state index contributed by atoms with van der Waals surface area (Å²) in [4.78, 5) is 0. The molecule has 1 rings (SSSR count). The third-order valence-electron chi connectivity index (χ3n) is 1.17. The predicted octanol–water partition coefficient (Wildman–Crippen LogP) is 1.91. The van der Waals surface area contributed by atoms with E-state index in [1.165, 1.54) is 0 Å². The Morgan fingerprint density at radius 1 is 1.27 bits per heavy atom. The Morgan fingerprint density at radius 2 is 1.82 bits per heavy atom. The lowest BCUT2D eigenvalue weighted by molar-refractivity contribution is 0.509. The van der Waals surface area contributed by atoms with E-state index < -0.39 is 11.6 Å². The van der Waals surface area contributed by atoms with Crippen LogP contribution in [0.25, 0.3) is 0 Å². The van der Waals surface area contributed by atoms with Crippen molar-refractivity contribution in [2.24, 2.45) is 4.36 Å². The highest BCUT2D eigenvalue weighted by atomic mass is 32.1. The van der Waals surface area contributed by atoms with Gasteiger partial charge in [-0.3, -0.25) is 0 Å². The molecule has 0 aliphatic carbocycles. The highest BCUT2D eigenvalue weighted by molar-refractivity contribution is 7.47. The van der Waals surface area contributed by atoms with Crippen molar-refractivity contribution in [1.82, 2.24) is 0 Å². The summed E-state index contributed by atoms with van der Waals surface area (Å²) in [6.07, 6.45) is 0. The molecule has 0 saturated heterocycles. The van der Waals surface area contributed by atoms with Crippen LogP contribution >= 0.6 is 0 Å². The van der Waals surface area contributed by atoms with Gasteiger partial charge in [0.2, 0.25) is 0 Å². The molecular formula is C6H4F2N2S. The van der Waals surface area contributed by atoms with Crippen LogP contribution in [-0.2, 0) is 12.4 Å². The maximum absolute atomic E-state index is 12.4. The maximum atomic E-state index is 12.4. The standard InChI is InChI=1S/C6H4F2N2S/c7-3-1-5(9)6(10-11)2-4(3)8/h1-2H,9H2. The first-order valence-electron chi connectivity index (χ1n) is 2.73. The molecule has 0 aliphatic rings. The zero-order valence-electron chi connectivity index (χ0n) is 5.34. The molecule has 0 radical (unpaired) electrons. The van der Waals surface area contributed by atoms with E-state index in [4.69, 9.17) is 5.73 Å². The minimum absolute atomic E-state index is 0.0406. The van der Waals surface area contributed by atoms with Crippen LogP contribution in [-0.4, -0.2) is 0 Å². The summed E-state index contributed by atoms with van der Waals surface area (Å²) in [7, 11) is 0. The summed E-state index contributed by atoms with van der Waals surface area (Å²) < 4.78 is 28.0. The quantitative estimate of drug-likeness (QED) is 0.660. The summed E-state index contributed by atoms with van der Waals surface area (Å²) >= 11 is 4.26. The second kappa shape index (κ2) is 2.87. The van der Waals surface area contributed by atoms with Crippen molar-refractivity contribution in [2.45, 2.75) is 0 Å². The first kappa shape index (κ1) is 8.00. The number of hydrogen-bond donors (Lipinski definition) is 1. The van der Waals surface area contributed by atoms with Crippen LogP contribution in [0.1, 0.15) is 0 Å². The SMILES string of the molecule is Nc1cc(F)c(F)cc1N=S. The number of benzene rings is 1. The largest absolute Gasteiger partial charge is 0.397 e. The summed E-state index contributed by atoms with van der Waals surface area (Å²) in [6.45, 7) is 0. The maximum Gasteiger partial charge on any atom is 0.161 e. The van der Waals surface area contributed by atoms with Crippen LogP contribution < -0.4 is 5.73 Å². The van der Waals surface area contributed by atoms with E-state index in [1.807, 2.05) is 0 Å².